The number of hydrogen-bond acceptors (Lipinski definition) is 4. The largest absolute Gasteiger partial charge is 0.389 e. The van der Waals surface area contributed by atoms with Gasteiger partial charge >= 0.3 is 0 Å². The number of aromatic nitrogens is 3. The summed E-state index contributed by atoms with van der Waals surface area (Å²) in [6.07, 6.45) is 10.3. The van der Waals surface area contributed by atoms with E-state index in [9.17, 15) is 5.11 Å². The van der Waals surface area contributed by atoms with Gasteiger partial charge in [-0.15, -0.1) is 10.2 Å². The van der Waals surface area contributed by atoms with E-state index in [2.05, 4.69) is 14.8 Å². The Morgan fingerprint density at radius 2 is 1.84 bits per heavy atom. The van der Waals surface area contributed by atoms with E-state index in [0.29, 0.717) is 0 Å². The molecule has 0 spiro atoms. The summed E-state index contributed by atoms with van der Waals surface area (Å²) >= 11 is 1.70. The Morgan fingerprint density at radius 1 is 1.05 bits per heavy atom. The highest BCUT2D eigenvalue weighted by molar-refractivity contribution is 7.99. The lowest BCUT2D eigenvalue weighted by Gasteiger charge is -2.31. The van der Waals surface area contributed by atoms with Crippen LogP contribution in [0.25, 0.3) is 0 Å². The molecule has 1 aromatic rings. The summed E-state index contributed by atoms with van der Waals surface area (Å²) < 4.78 is 2.27. The summed E-state index contributed by atoms with van der Waals surface area (Å²) in [5, 5.41) is 20.2. The Morgan fingerprint density at radius 3 is 2.68 bits per heavy atom. The van der Waals surface area contributed by atoms with Crippen molar-refractivity contribution in [1.29, 1.82) is 0 Å². The Bertz CT molecular complexity index is 426. The van der Waals surface area contributed by atoms with Gasteiger partial charge in [-0.2, -0.15) is 0 Å². The van der Waals surface area contributed by atoms with Gasteiger partial charge in [0.2, 0.25) is 0 Å². The van der Waals surface area contributed by atoms with Crippen LogP contribution in [0.2, 0.25) is 0 Å². The van der Waals surface area contributed by atoms with Crippen LogP contribution in [0.3, 0.4) is 0 Å². The number of aliphatic hydroxyl groups is 1. The molecule has 2 aliphatic rings. The van der Waals surface area contributed by atoms with Gasteiger partial charge in [-0.05, 0) is 25.7 Å². The predicted octanol–water partition coefficient (Wildman–Crippen LogP) is 2.79. The van der Waals surface area contributed by atoms with Crippen molar-refractivity contribution in [2.75, 3.05) is 5.75 Å². The Kier molecular flexibility index (Phi) is 4.12. The second kappa shape index (κ2) is 5.83. The summed E-state index contributed by atoms with van der Waals surface area (Å²) in [6, 6.07) is 0. The van der Waals surface area contributed by atoms with Crippen molar-refractivity contribution in [1.82, 2.24) is 14.8 Å². The fraction of sp³-hybridized carbons (Fsp3) is 0.857. The molecule has 3 rings (SSSR count). The fourth-order valence-electron chi connectivity index (χ4n) is 3.12. The zero-order valence-corrected chi connectivity index (χ0v) is 12.3. The first-order chi connectivity index (χ1) is 9.27. The van der Waals surface area contributed by atoms with E-state index < -0.39 is 5.60 Å². The molecule has 0 atom stereocenters. The summed E-state index contributed by atoms with van der Waals surface area (Å²) in [4.78, 5) is 0. The van der Waals surface area contributed by atoms with Gasteiger partial charge in [0.05, 0.1) is 5.60 Å². The van der Waals surface area contributed by atoms with Gasteiger partial charge in [-0.3, -0.25) is 0 Å². The quantitative estimate of drug-likeness (QED) is 0.866. The maximum absolute atomic E-state index is 10.6. The van der Waals surface area contributed by atoms with Crippen LogP contribution >= 0.6 is 11.8 Å². The molecule has 19 heavy (non-hydrogen) atoms. The van der Waals surface area contributed by atoms with Crippen molar-refractivity contribution < 1.29 is 5.11 Å². The van der Waals surface area contributed by atoms with E-state index in [4.69, 9.17) is 0 Å². The van der Waals surface area contributed by atoms with Crippen LogP contribution in [0.15, 0.2) is 5.16 Å². The molecule has 0 radical (unpaired) electrons. The molecule has 1 aromatic heterocycles. The first kappa shape index (κ1) is 13.4. The van der Waals surface area contributed by atoms with Crippen LogP contribution in [0.4, 0.5) is 0 Å². The maximum atomic E-state index is 10.6. The molecule has 0 unspecified atom stereocenters. The van der Waals surface area contributed by atoms with Gasteiger partial charge in [0, 0.05) is 18.7 Å². The number of aryl methyl sites for hydroxylation is 1. The third-order valence-electron chi connectivity index (χ3n) is 4.33. The normalized spacial score (nSPS) is 22.8. The molecular formula is C14H23N3OS. The minimum absolute atomic E-state index is 0.472. The molecule has 0 amide bonds. The molecule has 1 aliphatic carbocycles. The molecule has 0 bridgehead atoms. The summed E-state index contributed by atoms with van der Waals surface area (Å²) in [6.45, 7) is 1.04. The molecule has 1 N–H and O–H groups in total. The number of rotatable bonds is 3. The molecule has 0 aromatic carbocycles. The number of hydrogen-bond donors (Lipinski definition) is 1. The highest BCUT2D eigenvalue weighted by atomic mass is 32.2. The molecule has 0 saturated heterocycles. The molecule has 4 nitrogen and oxygen atoms in total. The highest BCUT2D eigenvalue weighted by Gasteiger charge is 2.30. The standard InChI is InChI=1S/C14H23N3OS/c18-14(8-4-2-5-9-14)11-19-13-16-15-12-7-3-1-6-10-17(12)13/h18H,1-11H2. The zero-order chi connectivity index (χ0) is 13.1. The van der Waals surface area contributed by atoms with Crippen molar-refractivity contribution in [3.63, 3.8) is 0 Å². The van der Waals surface area contributed by atoms with Gasteiger partial charge in [0.1, 0.15) is 5.82 Å². The molecule has 1 aliphatic heterocycles. The van der Waals surface area contributed by atoms with Crippen molar-refractivity contribution in [2.45, 2.75) is 75.1 Å². The summed E-state index contributed by atoms with van der Waals surface area (Å²) in [7, 11) is 0. The van der Waals surface area contributed by atoms with E-state index in [1.165, 1.54) is 25.7 Å². The minimum Gasteiger partial charge on any atom is -0.389 e. The summed E-state index contributed by atoms with van der Waals surface area (Å²) in [5.74, 6) is 1.90. The highest BCUT2D eigenvalue weighted by Crippen LogP contribution is 2.33. The lowest BCUT2D eigenvalue weighted by atomic mass is 9.86. The van der Waals surface area contributed by atoms with Gasteiger partial charge < -0.3 is 9.67 Å². The smallest absolute Gasteiger partial charge is 0.191 e. The topological polar surface area (TPSA) is 50.9 Å². The minimum atomic E-state index is -0.472. The molecular weight excluding hydrogens is 258 g/mol. The average molecular weight is 281 g/mol. The van der Waals surface area contributed by atoms with Gasteiger partial charge in [0.25, 0.3) is 0 Å². The first-order valence-corrected chi connectivity index (χ1v) is 8.53. The predicted molar refractivity (Wildman–Crippen MR) is 76.3 cm³/mol. The maximum Gasteiger partial charge on any atom is 0.191 e. The second-order valence-electron chi connectivity index (χ2n) is 5.93. The van der Waals surface area contributed by atoms with Crippen LogP contribution in [0.1, 0.15) is 57.2 Å². The van der Waals surface area contributed by atoms with Crippen molar-refractivity contribution in [2.24, 2.45) is 0 Å². The summed E-state index contributed by atoms with van der Waals surface area (Å²) in [5.41, 5.74) is -0.472. The van der Waals surface area contributed by atoms with Gasteiger partial charge in [0.15, 0.2) is 5.16 Å². The third kappa shape index (κ3) is 3.14. The Hall–Kier alpha value is -0.550. The fourth-order valence-corrected chi connectivity index (χ4v) is 4.26. The molecule has 5 heteroatoms. The van der Waals surface area contributed by atoms with Gasteiger partial charge in [-0.1, -0.05) is 37.4 Å². The lowest BCUT2D eigenvalue weighted by molar-refractivity contribution is 0.0272. The molecule has 2 heterocycles. The Balaban J connectivity index is 1.65. The van der Waals surface area contributed by atoms with Crippen LogP contribution in [-0.4, -0.2) is 31.2 Å². The number of fused-ring (bicyclic) bond motifs is 1. The van der Waals surface area contributed by atoms with Crippen molar-refractivity contribution in [3.8, 4) is 0 Å². The van der Waals surface area contributed by atoms with E-state index in [1.54, 1.807) is 11.8 Å². The van der Waals surface area contributed by atoms with Crippen LogP contribution in [-0.2, 0) is 13.0 Å². The van der Waals surface area contributed by atoms with E-state index in [0.717, 1.165) is 55.4 Å². The second-order valence-corrected chi connectivity index (χ2v) is 6.88. The van der Waals surface area contributed by atoms with E-state index in [-0.39, 0.29) is 0 Å². The Labute approximate surface area is 119 Å². The van der Waals surface area contributed by atoms with Crippen molar-refractivity contribution >= 4 is 11.8 Å². The van der Waals surface area contributed by atoms with Crippen LogP contribution in [0, 0.1) is 0 Å². The van der Waals surface area contributed by atoms with Crippen molar-refractivity contribution in [3.05, 3.63) is 5.82 Å². The average Bonchev–Trinajstić information content (AvgIpc) is 2.65. The third-order valence-corrected chi connectivity index (χ3v) is 5.57. The number of thioether (sulfide) groups is 1. The van der Waals surface area contributed by atoms with Gasteiger partial charge in [-0.25, -0.2) is 0 Å². The first-order valence-electron chi connectivity index (χ1n) is 7.54. The molecule has 1 saturated carbocycles. The monoisotopic (exact) mass is 281 g/mol. The molecule has 106 valence electrons. The molecule has 1 fully saturated rings. The number of nitrogens with zero attached hydrogens (tertiary/aromatic N) is 3. The lowest BCUT2D eigenvalue weighted by Crippen LogP contribution is -2.34. The van der Waals surface area contributed by atoms with Crippen LogP contribution < -0.4 is 0 Å². The van der Waals surface area contributed by atoms with E-state index >= 15 is 0 Å². The zero-order valence-electron chi connectivity index (χ0n) is 11.5. The SMILES string of the molecule is OC1(CSc2nnc3n2CCCCC3)CCCCC1. The van der Waals surface area contributed by atoms with Crippen LogP contribution in [0.5, 0.6) is 0 Å². The van der Waals surface area contributed by atoms with E-state index in [1.807, 2.05) is 0 Å².